The van der Waals surface area contributed by atoms with Crippen molar-refractivity contribution in [1.29, 1.82) is 0 Å². The lowest BCUT2D eigenvalue weighted by atomic mass is 10.3. The van der Waals surface area contributed by atoms with E-state index in [0.29, 0.717) is 10.8 Å². The van der Waals surface area contributed by atoms with Gasteiger partial charge in [0.15, 0.2) is 6.61 Å². The molecule has 1 fully saturated rings. The van der Waals surface area contributed by atoms with Gasteiger partial charge in [-0.05, 0) is 25.2 Å². The fourth-order valence-electron chi connectivity index (χ4n) is 1.88. The molecule has 1 aliphatic rings. The van der Waals surface area contributed by atoms with Crippen molar-refractivity contribution in [3.05, 3.63) is 27.7 Å². The molecule has 0 saturated carbocycles. The number of hydrogen-bond acceptors (Lipinski definition) is 3. The Labute approximate surface area is 126 Å². The third-order valence-electron chi connectivity index (χ3n) is 3.10. The minimum Gasteiger partial charge on any atom is -0.482 e. The molecule has 2 rings (SSSR count). The van der Waals surface area contributed by atoms with E-state index in [1.165, 1.54) is 0 Å². The number of halogens is 2. The van der Waals surface area contributed by atoms with Crippen LogP contribution in [0.25, 0.3) is 0 Å². The number of carbonyl (C=O) groups excluding carboxylic acids is 1. The maximum atomic E-state index is 12.0. The highest BCUT2D eigenvalue weighted by molar-refractivity contribution is 9.10. The van der Waals surface area contributed by atoms with E-state index in [4.69, 9.17) is 16.3 Å². The van der Waals surface area contributed by atoms with Crippen LogP contribution in [0.1, 0.15) is 0 Å². The summed E-state index contributed by atoms with van der Waals surface area (Å²) in [5.41, 5.74) is 0. The summed E-state index contributed by atoms with van der Waals surface area (Å²) in [6, 6.07) is 5.34. The van der Waals surface area contributed by atoms with Crippen molar-refractivity contribution in [3.8, 4) is 5.75 Å². The van der Waals surface area contributed by atoms with Gasteiger partial charge < -0.3 is 14.5 Å². The number of ether oxygens (including phenoxy) is 1. The predicted octanol–water partition coefficient (Wildman–Crippen LogP) is 2.26. The largest absolute Gasteiger partial charge is 0.482 e. The quantitative estimate of drug-likeness (QED) is 0.841. The second-order valence-corrected chi connectivity index (χ2v) is 5.87. The molecule has 4 nitrogen and oxygen atoms in total. The lowest BCUT2D eigenvalue weighted by Crippen LogP contribution is -2.48. The molecule has 19 heavy (non-hydrogen) atoms. The fourth-order valence-corrected chi connectivity index (χ4v) is 2.61. The summed E-state index contributed by atoms with van der Waals surface area (Å²) >= 11 is 9.36. The van der Waals surface area contributed by atoms with Gasteiger partial charge in [0.2, 0.25) is 0 Å². The molecule has 1 heterocycles. The number of likely N-dealkylation sites (N-methyl/N-ethyl adjacent to an activating group) is 1. The molecule has 104 valence electrons. The number of nitrogens with zero attached hydrogens (tertiary/aromatic N) is 2. The molecule has 1 aliphatic heterocycles. The molecule has 1 amide bonds. The molecule has 0 aliphatic carbocycles. The van der Waals surface area contributed by atoms with Gasteiger partial charge in [0.25, 0.3) is 5.91 Å². The Morgan fingerprint density at radius 2 is 2.05 bits per heavy atom. The van der Waals surface area contributed by atoms with E-state index in [1.807, 2.05) is 11.0 Å². The number of benzene rings is 1. The van der Waals surface area contributed by atoms with Gasteiger partial charge in [-0.2, -0.15) is 0 Å². The Kier molecular flexibility index (Phi) is 5.07. The van der Waals surface area contributed by atoms with Gasteiger partial charge in [-0.1, -0.05) is 27.5 Å². The summed E-state index contributed by atoms with van der Waals surface area (Å²) in [5.74, 6) is 0.541. The van der Waals surface area contributed by atoms with Crippen LogP contribution in [0.2, 0.25) is 5.02 Å². The van der Waals surface area contributed by atoms with Crippen molar-refractivity contribution in [1.82, 2.24) is 9.80 Å². The number of rotatable bonds is 3. The minimum atomic E-state index is 0.00656. The summed E-state index contributed by atoms with van der Waals surface area (Å²) in [4.78, 5) is 16.0. The monoisotopic (exact) mass is 346 g/mol. The second-order valence-electron chi connectivity index (χ2n) is 4.55. The molecule has 0 atom stereocenters. The zero-order valence-corrected chi connectivity index (χ0v) is 13.1. The number of hydrogen-bond donors (Lipinski definition) is 0. The van der Waals surface area contributed by atoms with E-state index in [0.717, 1.165) is 30.7 Å². The van der Waals surface area contributed by atoms with E-state index in [-0.39, 0.29) is 12.5 Å². The number of amides is 1. The molecular weight excluding hydrogens is 332 g/mol. The zero-order valence-electron chi connectivity index (χ0n) is 10.7. The van der Waals surface area contributed by atoms with Crippen LogP contribution in [0.4, 0.5) is 0 Å². The molecule has 1 aromatic carbocycles. The van der Waals surface area contributed by atoms with Gasteiger partial charge in [-0.25, -0.2) is 0 Å². The summed E-state index contributed by atoms with van der Waals surface area (Å²) in [6.07, 6.45) is 0. The Balaban J connectivity index is 1.86. The lowest BCUT2D eigenvalue weighted by Gasteiger charge is -2.32. The van der Waals surface area contributed by atoms with Crippen LogP contribution in [0.5, 0.6) is 5.75 Å². The molecule has 0 spiro atoms. The van der Waals surface area contributed by atoms with Crippen LogP contribution in [0.15, 0.2) is 22.7 Å². The topological polar surface area (TPSA) is 32.8 Å². The highest BCUT2D eigenvalue weighted by Crippen LogP contribution is 2.27. The van der Waals surface area contributed by atoms with Gasteiger partial charge >= 0.3 is 0 Å². The molecule has 0 aromatic heterocycles. The second kappa shape index (κ2) is 6.59. The third kappa shape index (κ3) is 4.09. The van der Waals surface area contributed by atoms with Gasteiger partial charge in [0.1, 0.15) is 5.75 Å². The van der Waals surface area contributed by atoms with Crippen LogP contribution in [0.3, 0.4) is 0 Å². The van der Waals surface area contributed by atoms with E-state index in [2.05, 4.69) is 27.9 Å². The summed E-state index contributed by atoms with van der Waals surface area (Å²) in [6.45, 7) is 3.36. The average Bonchev–Trinajstić information content (AvgIpc) is 2.38. The van der Waals surface area contributed by atoms with Gasteiger partial charge in [-0.15, -0.1) is 0 Å². The molecular formula is C13H16BrClN2O2. The Morgan fingerprint density at radius 3 is 2.68 bits per heavy atom. The van der Waals surface area contributed by atoms with Gasteiger partial charge in [-0.3, -0.25) is 4.79 Å². The number of carbonyl (C=O) groups is 1. The molecule has 1 aromatic rings. The van der Waals surface area contributed by atoms with Crippen molar-refractivity contribution in [2.75, 3.05) is 39.8 Å². The average molecular weight is 348 g/mol. The first-order valence-electron chi connectivity index (χ1n) is 6.10. The normalized spacial score (nSPS) is 16.5. The maximum Gasteiger partial charge on any atom is 0.260 e. The predicted molar refractivity (Wildman–Crippen MR) is 78.7 cm³/mol. The Hall–Kier alpha value is -0.780. The SMILES string of the molecule is CN1CCN(C(=O)COc2ccc(Br)cc2Cl)CC1. The molecule has 0 radical (unpaired) electrons. The van der Waals surface area contributed by atoms with Crippen LogP contribution < -0.4 is 4.74 Å². The molecule has 6 heteroatoms. The van der Waals surface area contributed by atoms with E-state index in [1.54, 1.807) is 12.1 Å². The van der Waals surface area contributed by atoms with Crippen molar-refractivity contribution in [2.24, 2.45) is 0 Å². The standard InChI is InChI=1S/C13H16BrClN2O2/c1-16-4-6-17(7-5-16)13(18)9-19-12-3-2-10(14)8-11(12)15/h2-3,8H,4-7,9H2,1H3. The molecule has 0 N–H and O–H groups in total. The first-order chi connectivity index (χ1) is 9.06. The van der Waals surface area contributed by atoms with Crippen LogP contribution in [-0.4, -0.2) is 55.5 Å². The highest BCUT2D eigenvalue weighted by atomic mass is 79.9. The highest BCUT2D eigenvalue weighted by Gasteiger charge is 2.19. The van der Waals surface area contributed by atoms with E-state index >= 15 is 0 Å². The van der Waals surface area contributed by atoms with Gasteiger partial charge in [0.05, 0.1) is 5.02 Å². The Morgan fingerprint density at radius 1 is 1.37 bits per heavy atom. The first-order valence-corrected chi connectivity index (χ1v) is 7.27. The zero-order chi connectivity index (χ0) is 13.8. The lowest BCUT2D eigenvalue weighted by molar-refractivity contribution is -0.134. The smallest absolute Gasteiger partial charge is 0.260 e. The first kappa shape index (κ1) is 14.6. The summed E-state index contributed by atoms with van der Waals surface area (Å²) in [7, 11) is 2.06. The van der Waals surface area contributed by atoms with Crippen molar-refractivity contribution in [3.63, 3.8) is 0 Å². The Bertz CT molecular complexity index is 462. The fraction of sp³-hybridized carbons (Fsp3) is 0.462. The number of piperazine rings is 1. The van der Waals surface area contributed by atoms with Crippen LogP contribution >= 0.6 is 27.5 Å². The minimum absolute atomic E-state index is 0.00656. The van der Waals surface area contributed by atoms with Crippen molar-refractivity contribution in [2.45, 2.75) is 0 Å². The van der Waals surface area contributed by atoms with E-state index < -0.39 is 0 Å². The molecule has 1 saturated heterocycles. The van der Waals surface area contributed by atoms with Crippen LogP contribution in [0, 0.1) is 0 Å². The van der Waals surface area contributed by atoms with Crippen molar-refractivity contribution < 1.29 is 9.53 Å². The molecule has 0 unspecified atom stereocenters. The van der Waals surface area contributed by atoms with Crippen LogP contribution in [-0.2, 0) is 4.79 Å². The van der Waals surface area contributed by atoms with Gasteiger partial charge in [0, 0.05) is 30.7 Å². The van der Waals surface area contributed by atoms with Crippen molar-refractivity contribution >= 4 is 33.4 Å². The summed E-state index contributed by atoms with van der Waals surface area (Å²) in [5, 5.41) is 0.501. The summed E-state index contributed by atoms with van der Waals surface area (Å²) < 4.78 is 6.36. The molecule has 0 bridgehead atoms. The third-order valence-corrected chi connectivity index (χ3v) is 3.89. The maximum absolute atomic E-state index is 12.0. The van der Waals surface area contributed by atoms with E-state index in [9.17, 15) is 4.79 Å².